The molecule has 0 spiro atoms. The highest BCUT2D eigenvalue weighted by Crippen LogP contribution is 2.27. The molecule has 1 atom stereocenters. The van der Waals surface area contributed by atoms with Crippen molar-refractivity contribution < 1.29 is 13.9 Å². The van der Waals surface area contributed by atoms with E-state index in [1.54, 1.807) is 24.3 Å². The van der Waals surface area contributed by atoms with E-state index < -0.39 is 11.5 Å². The number of hydrogen-bond donors (Lipinski definition) is 1. The maximum Gasteiger partial charge on any atom is 0.349 e. The van der Waals surface area contributed by atoms with Crippen molar-refractivity contribution in [2.75, 3.05) is 6.54 Å². The Hall–Kier alpha value is -3.08. The average Bonchev–Trinajstić information content (AvgIpc) is 3.02. The summed E-state index contributed by atoms with van der Waals surface area (Å²) in [4.78, 5) is 24.3. The maximum atomic E-state index is 12.3. The molecular formula is C19H15NO4. The number of amides is 1. The van der Waals surface area contributed by atoms with Gasteiger partial charge < -0.3 is 14.5 Å². The minimum absolute atomic E-state index is 0.00390. The Morgan fingerprint density at radius 1 is 1.12 bits per heavy atom. The van der Waals surface area contributed by atoms with Crippen molar-refractivity contribution in [2.24, 2.45) is 0 Å². The number of ether oxygens (including phenoxy) is 1. The molecule has 5 nitrogen and oxygen atoms in total. The van der Waals surface area contributed by atoms with Crippen LogP contribution in [0.3, 0.4) is 0 Å². The van der Waals surface area contributed by atoms with Crippen molar-refractivity contribution >= 4 is 16.9 Å². The highest BCUT2D eigenvalue weighted by atomic mass is 16.5. The van der Waals surface area contributed by atoms with Crippen molar-refractivity contribution in [1.29, 1.82) is 0 Å². The molecule has 24 heavy (non-hydrogen) atoms. The highest BCUT2D eigenvalue weighted by Gasteiger charge is 2.23. The van der Waals surface area contributed by atoms with Gasteiger partial charge in [-0.1, -0.05) is 36.4 Å². The molecule has 120 valence electrons. The number of hydrogen-bond acceptors (Lipinski definition) is 4. The predicted octanol–water partition coefficient (Wildman–Crippen LogP) is 2.53. The monoisotopic (exact) mass is 321 g/mol. The first-order valence-corrected chi connectivity index (χ1v) is 7.76. The summed E-state index contributed by atoms with van der Waals surface area (Å²) >= 11 is 0. The minimum Gasteiger partial charge on any atom is -0.488 e. The van der Waals surface area contributed by atoms with E-state index >= 15 is 0 Å². The van der Waals surface area contributed by atoms with Crippen LogP contribution in [0.5, 0.6) is 5.75 Å². The zero-order valence-corrected chi connectivity index (χ0v) is 12.8. The molecule has 1 amide bonds. The van der Waals surface area contributed by atoms with Crippen molar-refractivity contribution in [3.63, 3.8) is 0 Å². The van der Waals surface area contributed by atoms with Gasteiger partial charge in [0, 0.05) is 11.8 Å². The fourth-order valence-electron chi connectivity index (χ4n) is 2.89. The summed E-state index contributed by atoms with van der Waals surface area (Å²) in [7, 11) is 0. The molecule has 2 heterocycles. The van der Waals surface area contributed by atoms with Crippen molar-refractivity contribution in [3.05, 3.63) is 76.1 Å². The lowest BCUT2D eigenvalue weighted by atomic mass is 10.1. The van der Waals surface area contributed by atoms with Crippen molar-refractivity contribution in [2.45, 2.75) is 12.5 Å². The standard InChI is InChI=1S/C19H15NO4/c21-18(15-10-13-6-2-4-8-17(13)24-19(15)22)20-11-14-9-12-5-1-3-7-16(12)23-14/h1-8,10,14H,9,11H2,(H,20,21)/t14-/m0/s1. The molecule has 4 rings (SSSR count). The predicted molar refractivity (Wildman–Crippen MR) is 89.4 cm³/mol. The molecule has 0 saturated heterocycles. The first-order chi connectivity index (χ1) is 11.7. The Balaban J connectivity index is 1.47. The van der Waals surface area contributed by atoms with E-state index in [1.165, 1.54) is 0 Å². The lowest BCUT2D eigenvalue weighted by Crippen LogP contribution is -2.36. The summed E-state index contributed by atoms with van der Waals surface area (Å²) in [6.45, 7) is 0.333. The summed E-state index contributed by atoms with van der Waals surface area (Å²) < 4.78 is 11.0. The number of carbonyl (C=O) groups is 1. The Kier molecular flexibility index (Phi) is 3.54. The van der Waals surface area contributed by atoms with Gasteiger partial charge in [0.25, 0.3) is 5.91 Å². The lowest BCUT2D eigenvalue weighted by Gasteiger charge is -2.11. The zero-order chi connectivity index (χ0) is 16.5. The van der Waals surface area contributed by atoms with Gasteiger partial charge in [-0.2, -0.15) is 0 Å². The summed E-state index contributed by atoms with van der Waals surface area (Å²) in [5.41, 5.74) is 0.960. The van der Waals surface area contributed by atoms with Gasteiger partial charge >= 0.3 is 5.63 Å². The van der Waals surface area contributed by atoms with Crippen molar-refractivity contribution in [3.8, 4) is 5.75 Å². The topological polar surface area (TPSA) is 68.5 Å². The van der Waals surface area contributed by atoms with Gasteiger partial charge in [0.05, 0.1) is 6.54 Å². The second kappa shape index (κ2) is 5.85. The molecule has 0 fully saturated rings. The number of para-hydroxylation sites is 2. The van der Waals surface area contributed by atoms with Crippen LogP contribution in [0.25, 0.3) is 11.0 Å². The Morgan fingerprint density at radius 2 is 1.92 bits per heavy atom. The molecule has 0 bridgehead atoms. The van der Waals surface area contributed by atoms with Crippen LogP contribution in [0, 0.1) is 0 Å². The lowest BCUT2D eigenvalue weighted by molar-refractivity contribution is 0.0930. The largest absolute Gasteiger partial charge is 0.488 e. The molecule has 5 heteroatoms. The molecule has 1 aliphatic rings. The number of fused-ring (bicyclic) bond motifs is 2. The highest BCUT2D eigenvalue weighted by molar-refractivity contribution is 5.96. The van der Waals surface area contributed by atoms with E-state index in [-0.39, 0.29) is 11.7 Å². The van der Waals surface area contributed by atoms with Crippen molar-refractivity contribution in [1.82, 2.24) is 5.32 Å². The van der Waals surface area contributed by atoms with Gasteiger partial charge in [0.1, 0.15) is 23.0 Å². The maximum absolute atomic E-state index is 12.3. The van der Waals surface area contributed by atoms with Gasteiger partial charge in [-0.25, -0.2) is 4.79 Å². The van der Waals surface area contributed by atoms with Crippen LogP contribution in [-0.4, -0.2) is 18.6 Å². The van der Waals surface area contributed by atoms with Crippen LogP contribution < -0.4 is 15.7 Å². The Labute approximate surface area is 137 Å². The fourth-order valence-corrected chi connectivity index (χ4v) is 2.89. The normalized spacial score (nSPS) is 15.8. The molecule has 1 N–H and O–H groups in total. The van der Waals surface area contributed by atoms with E-state index in [9.17, 15) is 9.59 Å². The van der Waals surface area contributed by atoms with E-state index in [4.69, 9.17) is 9.15 Å². The number of rotatable bonds is 3. The summed E-state index contributed by atoms with van der Waals surface area (Å²) in [6, 6.07) is 16.5. The molecule has 0 unspecified atom stereocenters. The van der Waals surface area contributed by atoms with Gasteiger partial charge in [-0.15, -0.1) is 0 Å². The first-order valence-electron chi connectivity index (χ1n) is 7.76. The third kappa shape index (κ3) is 2.65. The van der Waals surface area contributed by atoms with Crippen LogP contribution in [0.1, 0.15) is 15.9 Å². The summed E-state index contributed by atoms with van der Waals surface area (Å²) in [5, 5.41) is 3.47. The fraction of sp³-hybridized carbons (Fsp3) is 0.158. The SMILES string of the molecule is O=C(NC[C@@H]1Cc2ccccc2O1)c1cc2ccccc2oc1=O. The number of carbonyl (C=O) groups excluding carboxylic acids is 1. The van der Waals surface area contributed by atoms with Crippen LogP contribution in [-0.2, 0) is 6.42 Å². The number of benzene rings is 2. The third-order valence-electron chi connectivity index (χ3n) is 4.09. The first kappa shape index (κ1) is 14.5. The zero-order valence-electron chi connectivity index (χ0n) is 12.8. The molecular weight excluding hydrogens is 306 g/mol. The number of nitrogens with one attached hydrogen (secondary N) is 1. The summed E-state index contributed by atoms with van der Waals surface area (Å²) in [6.07, 6.45) is 0.613. The second-order valence-corrected chi connectivity index (χ2v) is 5.75. The Morgan fingerprint density at radius 3 is 2.79 bits per heavy atom. The van der Waals surface area contributed by atoms with Gasteiger partial charge in [-0.3, -0.25) is 4.79 Å². The molecule has 0 aliphatic carbocycles. The third-order valence-corrected chi connectivity index (χ3v) is 4.09. The van der Waals surface area contributed by atoms with E-state index in [0.717, 1.165) is 17.7 Å². The quantitative estimate of drug-likeness (QED) is 0.753. The van der Waals surface area contributed by atoms with Crippen LogP contribution in [0.15, 0.2) is 63.8 Å². The van der Waals surface area contributed by atoms with Crippen LogP contribution in [0.4, 0.5) is 0 Å². The molecule has 2 aromatic carbocycles. The minimum atomic E-state index is -0.637. The molecule has 0 radical (unpaired) electrons. The Bertz CT molecular complexity index is 951. The van der Waals surface area contributed by atoms with Crippen LogP contribution >= 0.6 is 0 Å². The van der Waals surface area contributed by atoms with Crippen LogP contribution in [0.2, 0.25) is 0 Å². The second-order valence-electron chi connectivity index (χ2n) is 5.75. The van der Waals surface area contributed by atoms with E-state index in [0.29, 0.717) is 17.5 Å². The summed E-state index contributed by atoms with van der Waals surface area (Å²) in [5.74, 6) is 0.399. The van der Waals surface area contributed by atoms with E-state index in [1.807, 2.05) is 30.3 Å². The van der Waals surface area contributed by atoms with Gasteiger partial charge in [0.2, 0.25) is 0 Å². The van der Waals surface area contributed by atoms with Gasteiger partial charge in [-0.05, 0) is 23.8 Å². The average molecular weight is 321 g/mol. The molecule has 1 aliphatic heterocycles. The smallest absolute Gasteiger partial charge is 0.349 e. The molecule has 0 saturated carbocycles. The molecule has 3 aromatic rings. The van der Waals surface area contributed by atoms with E-state index in [2.05, 4.69) is 5.32 Å². The molecule has 1 aromatic heterocycles. The van der Waals surface area contributed by atoms with Gasteiger partial charge in [0.15, 0.2) is 0 Å².